The molecule has 0 aliphatic carbocycles. The van der Waals surface area contributed by atoms with Crippen molar-refractivity contribution >= 4 is 23.6 Å². The second kappa shape index (κ2) is 5.70. The molecule has 0 spiro atoms. The summed E-state index contributed by atoms with van der Waals surface area (Å²) < 4.78 is 15.7. The second-order valence-corrected chi connectivity index (χ2v) is 7.53. The van der Waals surface area contributed by atoms with E-state index in [4.69, 9.17) is 13.7 Å². The van der Waals surface area contributed by atoms with Crippen LogP contribution in [0.25, 0.3) is 11.5 Å². The van der Waals surface area contributed by atoms with Gasteiger partial charge in [0.1, 0.15) is 18.3 Å². The average molecular weight is 348 g/mol. The molecule has 126 valence electrons. The lowest BCUT2D eigenvalue weighted by atomic mass is 10.2. The number of aromatic nitrogens is 1. The van der Waals surface area contributed by atoms with Gasteiger partial charge in [-0.25, -0.2) is 4.79 Å². The van der Waals surface area contributed by atoms with E-state index in [0.29, 0.717) is 29.4 Å². The van der Waals surface area contributed by atoms with Crippen LogP contribution in [0.2, 0.25) is 0 Å². The van der Waals surface area contributed by atoms with Crippen molar-refractivity contribution in [1.29, 1.82) is 0 Å². The van der Waals surface area contributed by atoms with E-state index >= 15 is 0 Å². The summed E-state index contributed by atoms with van der Waals surface area (Å²) >= 11 is 1.64. The first-order chi connectivity index (χ1) is 11.6. The molecule has 0 N–H and O–H groups in total. The van der Waals surface area contributed by atoms with Crippen LogP contribution in [0.1, 0.15) is 25.5 Å². The number of nitrogens with zero attached hydrogens (tertiary/aromatic N) is 2. The fourth-order valence-electron chi connectivity index (χ4n) is 3.15. The number of hydrogen-bond acceptors (Lipinski definition) is 7. The topological polar surface area (TPSA) is 85.8 Å². The van der Waals surface area contributed by atoms with Gasteiger partial charge in [-0.05, 0) is 25.5 Å². The minimum absolute atomic E-state index is 0.00293. The summed E-state index contributed by atoms with van der Waals surface area (Å²) in [5.74, 6) is 1.22. The summed E-state index contributed by atoms with van der Waals surface area (Å²) in [5.41, 5.74) is 0.496. The van der Waals surface area contributed by atoms with Gasteiger partial charge in [0.15, 0.2) is 5.76 Å². The third-order valence-electron chi connectivity index (χ3n) is 4.40. The SMILES string of the molecule is C[C@@]12CCC(=O)N1[C@@H](C(=O)OCc1cc(-c3ccco3)on1)CS2. The Kier molecular flexibility index (Phi) is 3.64. The quantitative estimate of drug-likeness (QED) is 0.784. The van der Waals surface area contributed by atoms with E-state index in [2.05, 4.69) is 5.16 Å². The molecule has 8 heteroatoms. The minimum Gasteiger partial charge on any atom is -0.461 e. The van der Waals surface area contributed by atoms with Crippen molar-refractivity contribution in [2.24, 2.45) is 0 Å². The number of esters is 1. The first kappa shape index (κ1) is 15.3. The molecule has 2 aliphatic rings. The molecule has 2 aromatic rings. The van der Waals surface area contributed by atoms with Gasteiger partial charge in [-0.2, -0.15) is 0 Å². The van der Waals surface area contributed by atoms with Crippen LogP contribution in [0, 0.1) is 0 Å². The van der Waals surface area contributed by atoms with Crippen LogP contribution in [0.15, 0.2) is 33.4 Å². The lowest BCUT2D eigenvalue weighted by molar-refractivity contribution is -0.154. The predicted molar refractivity (Wildman–Crippen MR) is 84.7 cm³/mol. The smallest absolute Gasteiger partial charge is 0.330 e. The number of carbonyl (C=O) groups is 2. The molecule has 2 atom stereocenters. The summed E-state index contributed by atoms with van der Waals surface area (Å²) in [6.07, 6.45) is 2.80. The molecule has 1 amide bonds. The van der Waals surface area contributed by atoms with Gasteiger partial charge in [-0.1, -0.05) is 5.16 Å². The van der Waals surface area contributed by atoms with Gasteiger partial charge in [0.2, 0.25) is 11.7 Å². The Hall–Kier alpha value is -2.22. The maximum absolute atomic E-state index is 12.4. The Balaban J connectivity index is 1.40. The van der Waals surface area contributed by atoms with E-state index in [9.17, 15) is 9.59 Å². The number of furan rings is 1. The summed E-state index contributed by atoms with van der Waals surface area (Å²) in [7, 11) is 0. The van der Waals surface area contributed by atoms with Crippen molar-refractivity contribution in [3.8, 4) is 11.5 Å². The molecule has 0 bridgehead atoms. The monoisotopic (exact) mass is 348 g/mol. The number of thioether (sulfide) groups is 1. The van der Waals surface area contributed by atoms with Crippen LogP contribution in [0.4, 0.5) is 0 Å². The van der Waals surface area contributed by atoms with Crippen molar-refractivity contribution in [3.63, 3.8) is 0 Å². The van der Waals surface area contributed by atoms with Crippen molar-refractivity contribution in [2.75, 3.05) is 5.75 Å². The van der Waals surface area contributed by atoms with Gasteiger partial charge >= 0.3 is 5.97 Å². The lowest BCUT2D eigenvalue weighted by Gasteiger charge is -2.29. The Labute approximate surface area is 142 Å². The van der Waals surface area contributed by atoms with Crippen LogP contribution in [-0.2, 0) is 20.9 Å². The predicted octanol–water partition coefficient (Wildman–Crippen LogP) is 2.43. The fourth-order valence-corrected chi connectivity index (χ4v) is 4.57. The van der Waals surface area contributed by atoms with Gasteiger partial charge in [0.25, 0.3) is 0 Å². The first-order valence-corrected chi connectivity index (χ1v) is 8.68. The zero-order valence-corrected chi connectivity index (χ0v) is 13.9. The molecule has 2 saturated heterocycles. The molecule has 24 heavy (non-hydrogen) atoms. The molecular weight excluding hydrogens is 332 g/mol. The number of rotatable bonds is 4. The summed E-state index contributed by atoms with van der Waals surface area (Å²) in [6.45, 7) is 2.01. The van der Waals surface area contributed by atoms with E-state index in [0.717, 1.165) is 6.42 Å². The normalized spacial score (nSPS) is 26.0. The Morgan fingerprint density at radius 2 is 2.42 bits per heavy atom. The minimum atomic E-state index is -0.522. The molecule has 2 aromatic heterocycles. The highest BCUT2D eigenvalue weighted by Crippen LogP contribution is 2.47. The molecule has 0 unspecified atom stereocenters. The Bertz CT molecular complexity index is 771. The molecule has 7 nitrogen and oxygen atoms in total. The van der Waals surface area contributed by atoms with Gasteiger partial charge in [0, 0.05) is 18.2 Å². The Morgan fingerprint density at radius 1 is 1.54 bits per heavy atom. The highest BCUT2D eigenvalue weighted by molar-refractivity contribution is 8.01. The molecule has 0 saturated carbocycles. The molecular formula is C16H16N2O5S. The van der Waals surface area contributed by atoms with Crippen LogP contribution in [0.5, 0.6) is 0 Å². The number of amides is 1. The number of hydrogen-bond donors (Lipinski definition) is 0. The largest absolute Gasteiger partial charge is 0.461 e. The highest BCUT2D eigenvalue weighted by Gasteiger charge is 2.53. The Morgan fingerprint density at radius 3 is 3.21 bits per heavy atom. The first-order valence-electron chi connectivity index (χ1n) is 7.69. The van der Waals surface area contributed by atoms with E-state index in [1.165, 1.54) is 0 Å². The lowest BCUT2D eigenvalue weighted by Crippen LogP contribution is -2.46. The van der Waals surface area contributed by atoms with Gasteiger partial charge in [-0.3, -0.25) is 4.79 Å². The van der Waals surface area contributed by atoms with Crippen molar-refractivity contribution in [1.82, 2.24) is 10.1 Å². The van der Waals surface area contributed by atoms with E-state index < -0.39 is 12.0 Å². The summed E-state index contributed by atoms with van der Waals surface area (Å²) in [5, 5.41) is 3.87. The molecule has 4 heterocycles. The van der Waals surface area contributed by atoms with Crippen LogP contribution >= 0.6 is 11.8 Å². The summed E-state index contributed by atoms with van der Waals surface area (Å²) in [4.78, 5) is 25.8. The second-order valence-electron chi connectivity index (χ2n) is 6.03. The van der Waals surface area contributed by atoms with Crippen LogP contribution in [-0.4, -0.2) is 38.6 Å². The van der Waals surface area contributed by atoms with Gasteiger partial charge < -0.3 is 18.6 Å². The molecule has 4 rings (SSSR count). The third kappa shape index (κ3) is 2.50. The molecule has 0 aromatic carbocycles. The maximum atomic E-state index is 12.4. The van der Waals surface area contributed by atoms with Crippen molar-refractivity contribution < 1.29 is 23.3 Å². The van der Waals surface area contributed by atoms with E-state index in [1.807, 2.05) is 6.92 Å². The number of fused-ring (bicyclic) bond motifs is 1. The zero-order valence-electron chi connectivity index (χ0n) is 13.1. The van der Waals surface area contributed by atoms with Gasteiger partial charge in [-0.15, -0.1) is 11.8 Å². The third-order valence-corrected chi connectivity index (χ3v) is 5.91. The van der Waals surface area contributed by atoms with E-state index in [-0.39, 0.29) is 17.4 Å². The molecule has 2 aliphatic heterocycles. The summed E-state index contributed by atoms with van der Waals surface area (Å²) in [6, 6.07) is 4.65. The molecule has 2 fully saturated rings. The zero-order chi connectivity index (χ0) is 16.7. The number of ether oxygens (including phenoxy) is 1. The van der Waals surface area contributed by atoms with Crippen molar-refractivity contribution in [3.05, 3.63) is 30.2 Å². The van der Waals surface area contributed by atoms with Crippen molar-refractivity contribution in [2.45, 2.75) is 37.3 Å². The van der Waals surface area contributed by atoms with E-state index in [1.54, 1.807) is 41.1 Å². The highest BCUT2D eigenvalue weighted by atomic mass is 32.2. The van der Waals surface area contributed by atoms with Crippen LogP contribution in [0.3, 0.4) is 0 Å². The maximum Gasteiger partial charge on any atom is 0.330 e. The fraction of sp³-hybridized carbons (Fsp3) is 0.438. The molecule has 0 radical (unpaired) electrons. The van der Waals surface area contributed by atoms with Gasteiger partial charge in [0.05, 0.1) is 11.1 Å². The van der Waals surface area contributed by atoms with Crippen LogP contribution < -0.4 is 0 Å². The average Bonchev–Trinajstić information content (AvgIpc) is 3.31. The number of carbonyl (C=O) groups excluding carboxylic acids is 2. The standard InChI is InChI=1S/C16H16N2O5S/c1-16-5-4-14(19)18(16)11(9-24-16)15(20)22-8-10-7-13(23-17-10)12-3-2-6-21-12/h2-3,6-7,11H,4-5,8-9H2,1H3/t11-,16-/m1/s1.